The summed E-state index contributed by atoms with van der Waals surface area (Å²) in [6.45, 7) is 3.37. The minimum Gasteiger partial charge on any atom is -0.367 e. The first kappa shape index (κ1) is 16.9. The summed E-state index contributed by atoms with van der Waals surface area (Å²) >= 11 is 1.40. The van der Waals surface area contributed by atoms with Crippen LogP contribution in [-0.4, -0.2) is 49.0 Å². The minimum absolute atomic E-state index is 0.291. The van der Waals surface area contributed by atoms with Gasteiger partial charge in [0, 0.05) is 31.7 Å². The number of rotatable bonds is 3. The van der Waals surface area contributed by atoms with Gasteiger partial charge in [0.25, 0.3) is 5.91 Å². The lowest BCUT2D eigenvalue weighted by atomic mass is 10.1. The van der Waals surface area contributed by atoms with Crippen LogP contribution in [0.2, 0.25) is 0 Å². The van der Waals surface area contributed by atoms with Gasteiger partial charge in [-0.3, -0.25) is 10.1 Å². The Morgan fingerprint density at radius 3 is 2.65 bits per heavy atom. The first-order valence-electron chi connectivity index (χ1n) is 8.50. The first-order chi connectivity index (χ1) is 12.6. The molecule has 1 aromatic heterocycles. The summed E-state index contributed by atoms with van der Waals surface area (Å²) < 4.78 is 15.5. The second-order valence-electron chi connectivity index (χ2n) is 6.40. The molecule has 7 heteroatoms. The fourth-order valence-electron chi connectivity index (χ4n) is 3.05. The quantitative estimate of drug-likeness (QED) is 0.767. The summed E-state index contributed by atoms with van der Waals surface area (Å²) in [6.07, 6.45) is 0. The molecule has 1 aliphatic rings. The number of hydrogen-bond donors (Lipinski definition) is 1. The van der Waals surface area contributed by atoms with E-state index in [9.17, 15) is 9.18 Å². The van der Waals surface area contributed by atoms with Gasteiger partial charge < -0.3 is 9.80 Å². The number of anilines is 2. The van der Waals surface area contributed by atoms with Gasteiger partial charge in [-0.1, -0.05) is 23.5 Å². The highest BCUT2D eigenvalue weighted by atomic mass is 32.1. The minimum atomic E-state index is -0.369. The van der Waals surface area contributed by atoms with Crippen molar-refractivity contribution in [3.63, 3.8) is 0 Å². The van der Waals surface area contributed by atoms with Crippen LogP contribution in [0.4, 0.5) is 15.2 Å². The second kappa shape index (κ2) is 7.01. The third-order valence-electron chi connectivity index (χ3n) is 4.57. The zero-order valence-electron chi connectivity index (χ0n) is 14.4. The number of amides is 1. The number of halogens is 1. The lowest BCUT2D eigenvalue weighted by molar-refractivity contribution is 0.102. The summed E-state index contributed by atoms with van der Waals surface area (Å²) in [6, 6.07) is 12.3. The highest BCUT2D eigenvalue weighted by Crippen LogP contribution is 2.26. The summed E-state index contributed by atoms with van der Waals surface area (Å²) in [7, 11) is 2.06. The van der Waals surface area contributed by atoms with E-state index in [4.69, 9.17) is 0 Å². The highest BCUT2D eigenvalue weighted by molar-refractivity contribution is 7.22. The van der Waals surface area contributed by atoms with Gasteiger partial charge in [0.05, 0.1) is 15.9 Å². The van der Waals surface area contributed by atoms with Crippen molar-refractivity contribution < 1.29 is 9.18 Å². The van der Waals surface area contributed by atoms with Crippen molar-refractivity contribution in [1.29, 1.82) is 0 Å². The molecule has 0 atom stereocenters. The van der Waals surface area contributed by atoms with Crippen LogP contribution in [0.15, 0.2) is 42.5 Å². The van der Waals surface area contributed by atoms with E-state index in [1.54, 1.807) is 12.1 Å². The third kappa shape index (κ3) is 3.40. The van der Waals surface area contributed by atoms with Gasteiger partial charge in [-0.05, 0) is 37.4 Å². The predicted octanol–water partition coefficient (Wildman–Crippen LogP) is 3.44. The number of carbonyl (C=O) groups excluding carboxylic acids is 1. The molecule has 0 unspecified atom stereocenters. The molecule has 3 aromatic rings. The van der Waals surface area contributed by atoms with Gasteiger partial charge in [-0.25, -0.2) is 9.37 Å². The summed E-state index contributed by atoms with van der Waals surface area (Å²) in [5.41, 5.74) is 1.68. The number of carbonyl (C=O) groups is 1. The number of benzene rings is 2. The van der Waals surface area contributed by atoms with Crippen LogP contribution in [0.5, 0.6) is 0 Å². The molecular weight excluding hydrogens is 351 g/mol. The molecule has 2 aromatic carbocycles. The maximum atomic E-state index is 14.6. The Labute approximate surface area is 155 Å². The predicted molar refractivity (Wildman–Crippen MR) is 104 cm³/mol. The lowest BCUT2D eigenvalue weighted by Gasteiger charge is -2.34. The van der Waals surface area contributed by atoms with Crippen molar-refractivity contribution in [3.8, 4) is 0 Å². The normalized spacial score (nSPS) is 15.4. The Balaban J connectivity index is 1.50. The number of nitrogens with one attached hydrogen (secondary N) is 1. The number of para-hydroxylation sites is 1. The SMILES string of the molecule is CN1CCN(c2ccc(C(=O)Nc3nc4ccccc4s3)cc2F)CC1. The Morgan fingerprint density at radius 2 is 1.92 bits per heavy atom. The molecule has 26 heavy (non-hydrogen) atoms. The van der Waals surface area contributed by atoms with Crippen LogP contribution in [0.25, 0.3) is 10.2 Å². The number of aromatic nitrogens is 1. The van der Waals surface area contributed by atoms with Gasteiger partial charge >= 0.3 is 0 Å². The fourth-order valence-corrected chi connectivity index (χ4v) is 3.91. The number of likely N-dealkylation sites (N-methyl/N-ethyl adjacent to an activating group) is 1. The third-order valence-corrected chi connectivity index (χ3v) is 5.52. The van der Waals surface area contributed by atoms with Crippen LogP contribution >= 0.6 is 11.3 Å². The second-order valence-corrected chi connectivity index (χ2v) is 7.43. The monoisotopic (exact) mass is 370 g/mol. The van der Waals surface area contributed by atoms with Gasteiger partial charge in [-0.15, -0.1) is 0 Å². The van der Waals surface area contributed by atoms with Crippen molar-refractivity contribution in [2.45, 2.75) is 0 Å². The van der Waals surface area contributed by atoms with Crippen molar-refractivity contribution in [3.05, 3.63) is 53.8 Å². The maximum absolute atomic E-state index is 14.6. The van der Waals surface area contributed by atoms with Crippen LogP contribution in [0.3, 0.4) is 0 Å². The summed E-state index contributed by atoms with van der Waals surface area (Å²) in [4.78, 5) is 21.1. The average molecular weight is 370 g/mol. The first-order valence-corrected chi connectivity index (χ1v) is 9.32. The van der Waals surface area contributed by atoms with Gasteiger partial charge in [-0.2, -0.15) is 0 Å². The molecule has 1 saturated heterocycles. The van der Waals surface area contributed by atoms with Crippen LogP contribution in [-0.2, 0) is 0 Å². The van der Waals surface area contributed by atoms with Crippen LogP contribution in [0.1, 0.15) is 10.4 Å². The number of piperazine rings is 1. The molecule has 0 bridgehead atoms. The van der Waals surface area contributed by atoms with E-state index in [2.05, 4.69) is 22.2 Å². The molecule has 134 valence electrons. The molecule has 1 N–H and O–H groups in total. The molecule has 0 saturated carbocycles. The van der Waals surface area contributed by atoms with Crippen molar-refractivity contribution in [2.75, 3.05) is 43.4 Å². The topological polar surface area (TPSA) is 48.5 Å². The summed E-state index contributed by atoms with van der Waals surface area (Å²) in [5.74, 6) is -0.723. The largest absolute Gasteiger partial charge is 0.367 e. The maximum Gasteiger partial charge on any atom is 0.257 e. The van der Waals surface area contributed by atoms with Crippen molar-refractivity contribution in [2.24, 2.45) is 0 Å². The van der Waals surface area contributed by atoms with Crippen molar-refractivity contribution in [1.82, 2.24) is 9.88 Å². The smallest absolute Gasteiger partial charge is 0.257 e. The van der Waals surface area contributed by atoms with E-state index in [0.717, 1.165) is 36.4 Å². The molecule has 1 fully saturated rings. The van der Waals surface area contributed by atoms with E-state index in [0.29, 0.717) is 16.4 Å². The van der Waals surface area contributed by atoms with Gasteiger partial charge in [0.15, 0.2) is 5.13 Å². The van der Waals surface area contributed by atoms with Crippen molar-refractivity contribution >= 4 is 38.3 Å². The Kier molecular flexibility index (Phi) is 4.57. The van der Waals surface area contributed by atoms with Crippen LogP contribution < -0.4 is 10.2 Å². The lowest BCUT2D eigenvalue weighted by Crippen LogP contribution is -2.44. The molecular formula is C19H19FN4OS. The molecule has 4 rings (SSSR count). The van der Waals surface area contributed by atoms with Gasteiger partial charge in [0.1, 0.15) is 5.82 Å². The standard InChI is InChI=1S/C19H19FN4OS/c1-23-8-10-24(11-9-23)16-7-6-13(12-14(16)20)18(25)22-19-21-15-4-2-3-5-17(15)26-19/h2-7,12H,8-11H2,1H3,(H,21,22,25). The highest BCUT2D eigenvalue weighted by Gasteiger charge is 2.19. The summed E-state index contributed by atoms with van der Waals surface area (Å²) in [5, 5.41) is 3.27. The number of fused-ring (bicyclic) bond motifs is 1. The Morgan fingerprint density at radius 1 is 1.15 bits per heavy atom. The van der Waals surface area contributed by atoms with Gasteiger partial charge in [0.2, 0.25) is 0 Å². The zero-order valence-corrected chi connectivity index (χ0v) is 15.2. The zero-order chi connectivity index (χ0) is 18.1. The number of thiazole rings is 1. The Bertz CT molecular complexity index is 917. The average Bonchev–Trinajstić information content (AvgIpc) is 3.04. The molecule has 0 aliphatic carbocycles. The number of nitrogens with zero attached hydrogens (tertiary/aromatic N) is 3. The van der Waals surface area contributed by atoms with E-state index < -0.39 is 0 Å². The van der Waals surface area contributed by atoms with E-state index in [-0.39, 0.29) is 11.7 Å². The molecule has 1 amide bonds. The van der Waals surface area contributed by atoms with E-state index in [1.165, 1.54) is 17.4 Å². The molecule has 0 spiro atoms. The fraction of sp³-hybridized carbons (Fsp3) is 0.263. The van der Waals surface area contributed by atoms with E-state index >= 15 is 0 Å². The number of hydrogen-bond acceptors (Lipinski definition) is 5. The van der Waals surface area contributed by atoms with E-state index in [1.807, 2.05) is 29.2 Å². The molecule has 2 heterocycles. The molecule has 5 nitrogen and oxygen atoms in total. The Hall–Kier alpha value is -2.51. The van der Waals surface area contributed by atoms with Crippen LogP contribution in [0, 0.1) is 5.82 Å². The molecule has 1 aliphatic heterocycles. The molecule has 0 radical (unpaired) electrons.